The third-order valence-electron chi connectivity index (χ3n) is 5.18. The Bertz CT molecular complexity index is 1030. The van der Waals surface area contributed by atoms with Crippen LogP contribution < -0.4 is 0 Å². The van der Waals surface area contributed by atoms with Gasteiger partial charge < -0.3 is 4.90 Å². The Hall–Kier alpha value is -3.29. The van der Waals surface area contributed by atoms with Gasteiger partial charge in [0.1, 0.15) is 0 Å². The fraction of sp³-hybridized carbons (Fsp3) is 0.273. The van der Waals surface area contributed by atoms with E-state index >= 15 is 0 Å². The molecule has 1 saturated heterocycles. The van der Waals surface area contributed by atoms with Crippen LogP contribution in [0.2, 0.25) is 0 Å². The van der Waals surface area contributed by atoms with E-state index in [4.69, 9.17) is 4.98 Å². The van der Waals surface area contributed by atoms with Gasteiger partial charge in [-0.05, 0) is 30.5 Å². The molecule has 154 valence electrons. The zero-order valence-corrected chi connectivity index (χ0v) is 16.0. The first-order chi connectivity index (χ1) is 14.4. The van der Waals surface area contributed by atoms with Crippen LogP contribution in [0, 0.1) is 0 Å². The first kappa shape index (κ1) is 20.0. The summed E-state index contributed by atoms with van der Waals surface area (Å²) < 4.78 is 38.9. The minimum absolute atomic E-state index is 0.0261. The third kappa shape index (κ3) is 4.17. The summed E-state index contributed by atoms with van der Waals surface area (Å²) >= 11 is 0. The van der Waals surface area contributed by atoms with Crippen LogP contribution in [0.25, 0.3) is 22.5 Å². The van der Waals surface area contributed by atoms with Crippen molar-refractivity contribution >= 4 is 5.91 Å². The molecule has 1 fully saturated rings. The normalized spacial score (nSPS) is 17.0. The Kier molecular flexibility index (Phi) is 5.48. The molecule has 0 spiro atoms. The van der Waals surface area contributed by atoms with Crippen molar-refractivity contribution in [2.24, 2.45) is 0 Å². The molecule has 1 unspecified atom stereocenters. The number of piperidine rings is 1. The zero-order chi connectivity index (χ0) is 21.1. The molecule has 1 atom stereocenters. The fourth-order valence-corrected chi connectivity index (χ4v) is 3.75. The summed E-state index contributed by atoms with van der Waals surface area (Å²) in [7, 11) is 0. The molecule has 0 aliphatic carbocycles. The lowest BCUT2D eigenvalue weighted by Crippen LogP contribution is -2.46. The molecular formula is C22H19F3N4O. The molecule has 1 aliphatic heterocycles. The third-order valence-corrected chi connectivity index (χ3v) is 5.18. The number of pyridine rings is 1. The summed E-state index contributed by atoms with van der Waals surface area (Å²) in [6.07, 6.45) is 1.23. The molecule has 3 heterocycles. The van der Waals surface area contributed by atoms with Crippen LogP contribution in [0.5, 0.6) is 0 Å². The van der Waals surface area contributed by atoms with Crippen molar-refractivity contribution in [2.75, 3.05) is 13.1 Å². The standard InChI is InChI=1S/C22H19F3N4O/c23-22(24,25)21(30)29-12-4-7-17(14-29)19-18(15-8-10-26-11-9-15)13-27-20(28-19)16-5-2-1-3-6-16/h1-3,5-6,8-11,13,17H,4,7,12,14H2. The lowest BCUT2D eigenvalue weighted by atomic mass is 9.90. The largest absolute Gasteiger partial charge is 0.471 e. The van der Waals surface area contributed by atoms with Gasteiger partial charge in [0, 0.05) is 48.7 Å². The van der Waals surface area contributed by atoms with Crippen LogP contribution in [0.15, 0.2) is 61.1 Å². The van der Waals surface area contributed by atoms with E-state index in [1.165, 1.54) is 0 Å². The Morgan fingerprint density at radius 3 is 2.47 bits per heavy atom. The molecule has 1 amide bonds. The van der Waals surface area contributed by atoms with Crippen molar-refractivity contribution in [3.63, 3.8) is 0 Å². The average molecular weight is 412 g/mol. The SMILES string of the molecule is O=C(N1CCCC(c2nc(-c3ccccc3)ncc2-c2ccncc2)C1)C(F)(F)F. The van der Waals surface area contributed by atoms with Crippen LogP contribution in [0.1, 0.15) is 24.5 Å². The van der Waals surface area contributed by atoms with E-state index in [-0.39, 0.29) is 19.0 Å². The molecule has 1 aromatic carbocycles. The second-order valence-corrected chi connectivity index (χ2v) is 7.18. The number of carbonyl (C=O) groups excluding carboxylic acids is 1. The smallest absolute Gasteiger partial charge is 0.334 e. The number of benzene rings is 1. The van der Waals surface area contributed by atoms with Crippen LogP contribution >= 0.6 is 0 Å². The van der Waals surface area contributed by atoms with Crippen molar-refractivity contribution in [1.82, 2.24) is 19.9 Å². The molecule has 0 radical (unpaired) electrons. The summed E-state index contributed by atoms with van der Waals surface area (Å²) in [4.78, 5) is 25.9. The van der Waals surface area contributed by atoms with E-state index in [0.717, 1.165) is 21.6 Å². The van der Waals surface area contributed by atoms with Crippen LogP contribution in [-0.4, -0.2) is 45.0 Å². The van der Waals surface area contributed by atoms with Crippen molar-refractivity contribution in [3.05, 3.63) is 66.7 Å². The second kappa shape index (κ2) is 8.22. The van der Waals surface area contributed by atoms with Crippen LogP contribution in [-0.2, 0) is 4.79 Å². The summed E-state index contributed by atoms with van der Waals surface area (Å²) in [5.74, 6) is -1.61. The molecule has 5 nitrogen and oxygen atoms in total. The zero-order valence-electron chi connectivity index (χ0n) is 16.0. The van der Waals surface area contributed by atoms with Gasteiger partial charge >= 0.3 is 12.1 Å². The van der Waals surface area contributed by atoms with Crippen molar-refractivity contribution < 1.29 is 18.0 Å². The van der Waals surface area contributed by atoms with Gasteiger partial charge in [0.2, 0.25) is 0 Å². The highest BCUT2D eigenvalue weighted by atomic mass is 19.4. The summed E-state index contributed by atoms with van der Waals surface area (Å²) in [6.45, 7) is 0.0672. The quantitative estimate of drug-likeness (QED) is 0.637. The average Bonchev–Trinajstić information content (AvgIpc) is 2.79. The first-order valence-corrected chi connectivity index (χ1v) is 9.62. The number of halogens is 3. The van der Waals surface area contributed by atoms with Gasteiger partial charge in [-0.2, -0.15) is 13.2 Å². The number of rotatable bonds is 3. The number of aromatic nitrogens is 3. The highest BCUT2D eigenvalue weighted by Crippen LogP contribution is 2.35. The Morgan fingerprint density at radius 1 is 1.03 bits per heavy atom. The second-order valence-electron chi connectivity index (χ2n) is 7.18. The predicted molar refractivity (Wildman–Crippen MR) is 105 cm³/mol. The van der Waals surface area contributed by atoms with E-state index in [9.17, 15) is 18.0 Å². The van der Waals surface area contributed by atoms with Crippen molar-refractivity contribution in [3.8, 4) is 22.5 Å². The molecule has 0 N–H and O–H groups in total. The molecular weight excluding hydrogens is 393 g/mol. The fourth-order valence-electron chi connectivity index (χ4n) is 3.75. The minimum Gasteiger partial charge on any atom is -0.334 e. The maximum atomic E-state index is 13.0. The van der Waals surface area contributed by atoms with Gasteiger partial charge in [0.25, 0.3) is 0 Å². The molecule has 3 aromatic rings. The van der Waals surface area contributed by atoms with Gasteiger partial charge in [0.05, 0.1) is 5.69 Å². The van der Waals surface area contributed by atoms with E-state index in [0.29, 0.717) is 24.4 Å². The summed E-state index contributed by atoms with van der Waals surface area (Å²) in [5, 5.41) is 0. The highest BCUT2D eigenvalue weighted by Gasteiger charge is 2.44. The van der Waals surface area contributed by atoms with E-state index in [2.05, 4.69) is 9.97 Å². The topological polar surface area (TPSA) is 59.0 Å². The number of amides is 1. The molecule has 0 bridgehead atoms. The molecule has 8 heteroatoms. The number of hydrogen-bond acceptors (Lipinski definition) is 4. The molecule has 2 aromatic heterocycles. The number of likely N-dealkylation sites (tertiary alicyclic amines) is 1. The molecule has 0 saturated carbocycles. The summed E-state index contributed by atoms with van der Waals surface area (Å²) in [5.41, 5.74) is 3.04. The number of hydrogen-bond donors (Lipinski definition) is 0. The van der Waals surface area contributed by atoms with Crippen LogP contribution in [0.3, 0.4) is 0 Å². The molecule has 1 aliphatic rings. The van der Waals surface area contributed by atoms with Gasteiger partial charge in [-0.25, -0.2) is 9.97 Å². The van der Waals surface area contributed by atoms with E-state index in [1.54, 1.807) is 18.6 Å². The Morgan fingerprint density at radius 2 is 1.77 bits per heavy atom. The molecule has 30 heavy (non-hydrogen) atoms. The highest BCUT2D eigenvalue weighted by molar-refractivity contribution is 5.82. The number of carbonyl (C=O) groups is 1. The Balaban J connectivity index is 1.75. The lowest BCUT2D eigenvalue weighted by Gasteiger charge is -2.33. The van der Waals surface area contributed by atoms with Crippen LogP contribution in [0.4, 0.5) is 13.2 Å². The number of alkyl halides is 3. The van der Waals surface area contributed by atoms with E-state index < -0.39 is 12.1 Å². The number of nitrogens with zero attached hydrogens (tertiary/aromatic N) is 4. The van der Waals surface area contributed by atoms with Gasteiger partial charge in [-0.3, -0.25) is 9.78 Å². The summed E-state index contributed by atoms with van der Waals surface area (Å²) in [6, 6.07) is 13.0. The molecule has 4 rings (SSSR count). The van der Waals surface area contributed by atoms with Crippen molar-refractivity contribution in [2.45, 2.75) is 24.9 Å². The van der Waals surface area contributed by atoms with Gasteiger partial charge in [0.15, 0.2) is 5.82 Å². The Labute approximate surface area is 171 Å². The van der Waals surface area contributed by atoms with Crippen molar-refractivity contribution in [1.29, 1.82) is 0 Å². The first-order valence-electron chi connectivity index (χ1n) is 9.62. The predicted octanol–water partition coefficient (Wildman–Crippen LogP) is 4.47. The van der Waals surface area contributed by atoms with Gasteiger partial charge in [-0.15, -0.1) is 0 Å². The monoisotopic (exact) mass is 412 g/mol. The van der Waals surface area contributed by atoms with E-state index in [1.807, 2.05) is 42.5 Å². The maximum absolute atomic E-state index is 13.0. The maximum Gasteiger partial charge on any atom is 0.471 e. The minimum atomic E-state index is -4.88. The lowest BCUT2D eigenvalue weighted by molar-refractivity contribution is -0.186. The van der Waals surface area contributed by atoms with Gasteiger partial charge in [-0.1, -0.05) is 30.3 Å².